The average Bonchev–Trinajstić information content (AvgIpc) is 3.26. The lowest BCUT2D eigenvalue weighted by atomic mass is 10.1. The first kappa shape index (κ1) is 16.4. The average molecular weight is 320 g/mol. The third kappa shape index (κ3) is 3.55. The topological polar surface area (TPSA) is 66.3 Å². The summed E-state index contributed by atoms with van der Waals surface area (Å²) in [4.78, 5) is 17.0. The summed E-state index contributed by atoms with van der Waals surface area (Å²) >= 11 is 0. The normalized spacial score (nSPS) is 22.9. The lowest BCUT2D eigenvalue weighted by molar-refractivity contribution is 0.0772. The van der Waals surface area contributed by atoms with Gasteiger partial charge in [-0.3, -0.25) is 9.69 Å². The quantitative estimate of drug-likeness (QED) is 0.867. The summed E-state index contributed by atoms with van der Waals surface area (Å²) in [6.07, 6.45) is 4.98. The van der Waals surface area contributed by atoms with Crippen LogP contribution in [0.4, 0.5) is 0 Å². The van der Waals surface area contributed by atoms with Crippen LogP contribution in [0, 0.1) is 0 Å². The number of carbonyl (C=O) groups is 1. The number of likely N-dealkylation sites (N-methyl/N-ethyl adjacent to an activating group) is 1. The van der Waals surface area contributed by atoms with Crippen molar-refractivity contribution in [1.29, 1.82) is 0 Å². The van der Waals surface area contributed by atoms with Gasteiger partial charge in [-0.2, -0.15) is 0 Å². The molecule has 7 nitrogen and oxygen atoms in total. The van der Waals surface area contributed by atoms with E-state index in [4.69, 9.17) is 0 Å². The number of carbonyl (C=O) groups excluding carboxylic acids is 1. The molecule has 0 aliphatic carbocycles. The van der Waals surface area contributed by atoms with Gasteiger partial charge in [-0.05, 0) is 45.4 Å². The number of hydrogen-bond donors (Lipinski definition) is 1. The van der Waals surface area contributed by atoms with Crippen LogP contribution in [-0.2, 0) is 0 Å². The highest BCUT2D eigenvalue weighted by Gasteiger charge is 2.31. The summed E-state index contributed by atoms with van der Waals surface area (Å²) in [6, 6.07) is 0.848. The molecule has 128 valence electrons. The van der Waals surface area contributed by atoms with Crippen molar-refractivity contribution in [2.75, 3.05) is 39.3 Å². The second kappa shape index (κ2) is 7.40. The maximum absolute atomic E-state index is 12.7. The molecular formula is C16H28N6O. The number of nitrogens with one attached hydrogen (secondary N) is 1. The van der Waals surface area contributed by atoms with Gasteiger partial charge in [-0.1, -0.05) is 19.1 Å². The molecule has 1 aromatic heterocycles. The molecule has 0 radical (unpaired) electrons. The summed E-state index contributed by atoms with van der Waals surface area (Å²) in [5.41, 5.74) is 0.490. The van der Waals surface area contributed by atoms with E-state index in [0.717, 1.165) is 58.5 Å². The number of aromatic nitrogens is 3. The Balaban J connectivity index is 1.61. The third-order valence-electron chi connectivity index (χ3n) is 5.19. The van der Waals surface area contributed by atoms with Crippen LogP contribution in [0.25, 0.3) is 0 Å². The summed E-state index contributed by atoms with van der Waals surface area (Å²) < 4.78 is 1.88. The minimum absolute atomic E-state index is 0.0276. The summed E-state index contributed by atoms with van der Waals surface area (Å²) in [6.45, 7) is 10.1. The highest BCUT2D eigenvalue weighted by Crippen LogP contribution is 2.20. The van der Waals surface area contributed by atoms with Crippen LogP contribution < -0.4 is 5.32 Å². The number of amides is 1. The van der Waals surface area contributed by atoms with Crippen molar-refractivity contribution in [2.24, 2.45) is 0 Å². The lowest BCUT2D eigenvalue weighted by Crippen LogP contribution is -2.38. The van der Waals surface area contributed by atoms with Crippen molar-refractivity contribution in [3.63, 3.8) is 0 Å². The third-order valence-corrected chi connectivity index (χ3v) is 5.19. The number of piperidine rings is 1. The Hall–Kier alpha value is -1.47. The molecule has 0 spiro atoms. The Morgan fingerprint density at radius 1 is 1.30 bits per heavy atom. The van der Waals surface area contributed by atoms with Crippen LogP contribution in [0.15, 0.2) is 6.20 Å². The number of likely N-dealkylation sites (tertiary alicyclic amines) is 1. The predicted octanol–water partition coefficient (Wildman–Crippen LogP) is 0.759. The number of rotatable bonds is 5. The van der Waals surface area contributed by atoms with Crippen LogP contribution >= 0.6 is 0 Å². The van der Waals surface area contributed by atoms with Gasteiger partial charge in [0.15, 0.2) is 5.69 Å². The molecule has 1 amide bonds. The van der Waals surface area contributed by atoms with E-state index in [9.17, 15) is 4.79 Å². The summed E-state index contributed by atoms with van der Waals surface area (Å²) in [7, 11) is 0. The monoisotopic (exact) mass is 320 g/mol. The molecule has 0 saturated carbocycles. The lowest BCUT2D eigenvalue weighted by Gasteiger charge is -2.25. The largest absolute Gasteiger partial charge is 0.336 e. The highest BCUT2D eigenvalue weighted by molar-refractivity contribution is 5.92. The van der Waals surface area contributed by atoms with Gasteiger partial charge < -0.3 is 10.2 Å². The Kier molecular flexibility index (Phi) is 5.27. The molecule has 2 aliphatic heterocycles. The van der Waals surface area contributed by atoms with Crippen molar-refractivity contribution in [1.82, 2.24) is 30.1 Å². The van der Waals surface area contributed by atoms with Gasteiger partial charge in [0.25, 0.3) is 5.91 Å². The molecule has 23 heavy (non-hydrogen) atoms. The fourth-order valence-electron chi connectivity index (χ4n) is 3.75. The van der Waals surface area contributed by atoms with Crippen molar-refractivity contribution >= 4 is 5.91 Å². The zero-order chi connectivity index (χ0) is 16.2. The van der Waals surface area contributed by atoms with Crippen LogP contribution in [0.3, 0.4) is 0 Å². The number of hydrogen-bond acceptors (Lipinski definition) is 5. The van der Waals surface area contributed by atoms with Crippen LogP contribution in [0.1, 0.15) is 49.6 Å². The zero-order valence-electron chi connectivity index (χ0n) is 14.2. The van der Waals surface area contributed by atoms with E-state index in [1.165, 1.54) is 0 Å². The van der Waals surface area contributed by atoms with Crippen LogP contribution in [0.5, 0.6) is 0 Å². The Morgan fingerprint density at radius 3 is 2.74 bits per heavy atom. The van der Waals surface area contributed by atoms with Crippen LogP contribution in [-0.4, -0.2) is 76.0 Å². The van der Waals surface area contributed by atoms with E-state index >= 15 is 0 Å². The van der Waals surface area contributed by atoms with E-state index < -0.39 is 0 Å². The van der Waals surface area contributed by atoms with Gasteiger partial charge >= 0.3 is 0 Å². The second-order valence-electron chi connectivity index (χ2n) is 6.48. The van der Waals surface area contributed by atoms with Crippen molar-refractivity contribution < 1.29 is 4.79 Å². The predicted molar refractivity (Wildman–Crippen MR) is 88.4 cm³/mol. The molecule has 7 heteroatoms. The Morgan fingerprint density at radius 2 is 2.04 bits per heavy atom. The highest BCUT2D eigenvalue weighted by atomic mass is 16.2. The van der Waals surface area contributed by atoms with Gasteiger partial charge in [0.2, 0.25) is 0 Å². The zero-order valence-corrected chi connectivity index (χ0v) is 14.2. The van der Waals surface area contributed by atoms with Gasteiger partial charge in [0.05, 0.1) is 12.2 Å². The molecule has 1 atom stereocenters. The fraction of sp³-hybridized carbons (Fsp3) is 0.812. The summed E-state index contributed by atoms with van der Waals surface area (Å²) in [5.74, 6) is 0.0276. The molecule has 2 aliphatic rings. The molecule has 2 fully saturated rings. The fourth-order valence-corrected chi connectivity index (χ4v) is 3.75. The maximum Gasteiger partial charge on any atom is 0.276 e. The van der Waals surface area contributed by atoms with Gasteiger partial charge in [-0.15, -0.1) is 5.10 Å². The minimum Gasteiger partial charge on any atom is -0.336 e. The van der Waals surface area contributed by atoms with E-state index in [1.807, 2.05) is 15.8 Å². The molecule has 1 N–H and O–H groups in total. The molecule has 2 saturated heterocycles. The molecule has 0 aromatic carbocycles. The second-order valence-corrected chi connectivity index (χ2v) is 6.48. The van der Waals surface area contributed by atoms with E-state index in [2.05, 4.69) is 34.4 Å². The van der Waals surface area contributed by atoms with E-state index in [-0.39, 0.29) is 5.91 Å². The van der Waals surface area contributed by atoms with E-state index in [1.54, 1.807) is 0 Å². The van der Waals surface area contributed by atoms with Crippen LogP contribution in [0.2, 0.25) is 0 Å². The molecule has 1 aromatic rings. The van der Waals surface area contributed by atoms with Crippen molar-refractivity contribution in [2.45, 2.75) is 45.2 Å². The van der Waals surface area contributed by atoms with Crippen molar-refractivity contribution in [3.8, 4) is 0 Å². The van der Waals surface area contributed by atoms with Gasteiger partial charge in [0.1, 0.15) is 0 Å². The molecule has 0 bridgehead atoms. The first-order valence-electron chi connectivity index (χ1n) is 8.88. The Bertz CT molecular complexity index is 520. The smallest absolute Gasteiger partial charge is 0.276 e. The molecule has 3 rings (SSSR count). The minimum atomic E-state index is 0.0276. The standard InChI is InChI=1S/C16H28N6O/c1-3-20(4-2)14-7-10-21(11-14)16(23)15-12-22(19-18-15)13-5-8-17-9-6-13/h12-14,17H,3-11H2,1-2H3/t14-/m1/s1. The van der Waals surface area contributed by atoms with Gasteiger partial charge in [0, 0.05) is 19.1 Å². The van der Waals surface area contributed by atoms with Gasteiger partial charge in [-0.25, -0.2) is 4.68 Å². The van der Waals surface area contributed by atoms with E-state index in [0.29, 0.717) is 17.8 Å². The molecule has 0 unspecified atom stereocenters. The van der Waals surface area contributed by atoms with Crippen molar-refractivity contribution in [3.05, 3.63) is 11.9 Å². The maximum atomic E-state index is 12.7. The summed E-state index contributed by atoms with van der Waals surface area (Å²) in [5, 5.41) is 11.7. The molecular weight excluding hydrogens is 292 g/mol. The SMILES string of the molecule is CCN(CC)[C@@H]1CCN(C(=O)c2cn(C3CCNCC3)nn2)C1. The first-order valence-corrected chi connectivity index (χ1v) is 8.88. The number of nitrogens with zero attached hydrogens (tertiary/aromatic N) is 5. The Labute approximate surface area is 138 Å². The molecule has 3 heterocycles. The first-order chi connectivity index (χ1) is 11.2.